The Labute approximate surface area is 199 Å². The molecule has 0 spiro atoms. The lowest BCUT2D eigenvalue weighted by Crippen LogP contribution is -2.49. The highest BCUT2D eigenvalue weighted by molar-refractivity contribution is 7.99. The van der Waals surface area contributed by atoms with Crippen LogP contribution in [0.4, 0.5) is 4.79 Å². The van der Waals surface area contributed by atoms with Crippen molar-refractivity contribution in [2.75, 3.05) is 19.5 Å². The van der Waals surface area contributed by atoms with Gasteiger partial charge in [-0.2, -0.15) is 0 Å². The molecule has 4 rings (SSSR count). The Morgan fingerprint density at radius 3 is 2.79 bits per heavy atom. The molecule has 0 saturated carbocycles. The molecule has 0 aliphatic carbocycles. The molecule has 172 valence electrons. The maximum Gasteiger partial charge on any atom is 0.337 e. The van der Waals surface area contributed by atoms with Gasteiger partial charge in [0.2, 0.25) is 0 Å². The van der Waals surface area contributed by atoms with Crippen LogP contribution in [0.3, 0.4) is 0 Å². The van der Waals surface area contributed by atoms with Crippen LogP contribution in [-0.4, -0.2) is 52.3 Å². The van der Waals surface area contributed by atoms with Gasteiger partial charge >= 0.3 is 12.0 Å². The monoisotopic (exact) mass is 485 g/mol. The molecule has 1 atom stereocenters. The smallest absolute Gasteiger partial charge is 0.337 e. The molecular weight excluding hydrogens is 462 g/mol. The Kier molecular flexibility index (Phi) is 6.99. The number of thiophene rings is 1. The number of hydrogen-bond donors (Lipinski definition) is 2. The van der Waals surface area contributed by atoms with Crippen LogP contribution in [0.2, 0.25) is 0 Å². The number of rotatable bonds is 8. The van der Waals surface area contributed by atoms with Crippen LogP contribution < -0.4 is 15.4 Å². The van der Waals surface area contributed by atoms with E-state index in [4.69, 9.17) is 9.47 Å². The molecule has 2 amide bonds. The second kappa shape index (κ2) is 10.1. The number of esters is 1. The van der Waals surface area contributed by atoms with E-state index in [0.29, 0.717) is 33.8 Å². The fourth-order valence-corrected chi connectivity index (χ4v) is 5.10. The molecule has 1 aliphatic rings. The van der Waals surface area contributed by atoms with Gasteiger partial charge < -0.3 is 20.1 Å². The maximum absolute atomic E-state index is 12.5. The number of aromatic nitrogens is 3. The van der Waals surface area contributed by atoms with Crippen molar-refractivity contribution in [2.45, 2.75) is 25.0 Å². The summed E-state index contributed by atoms with van der Waals surface area (Å²) in [5.74, 6) is 1.19. The van der Waals surface area contributed by atoms with Crippen LogP contribution in [-0.2, 0) is 9.53 Å². The van der Waals surface area contributed by atoms with Crippen LogP contribution in [0.25, 0.3) is 16.4 Å². The Hall–Kier alpha value is -3.31. The third-order valence-electron chi connectivity index (χ3n) is 4.91. The van der Waals surface area contributed by atoms with E-state index in [2.05, 4.69) is 20.8 Å². The van der Waals surface area contributed by atoms with Crippen molar-refractivity contribution in [3.8, 4) is 22.1 Å². The molecule has 3 heterocycles. The van der Waals surface area contributed by atoms with E-state index in [1.165, 1.54) is 11.8 Å². The number of amides is 2. The second-order valence-corrected chi connectivity index (χ2v) is 8.90. The maximum atomic E-state index is 12.5. The summed E-state index contributed by atoms with van der Waals surface area (Å²) in [7, 11) is 1.61. The average Bonchev–Trinajstić information content (AvgIpc) is 3.47. The highest BCUT2D eigenvalue weighted by Crippen LogP contribution is 2.34. The lowest BCUT2D eigenvalue weighted by Gasteiger charge is -2.26. The van der Waals surface area contributed by atoms with Crippen molar-refractivity contribution >= 4 is 35.1 Å². The predicted octanol–water partition coefficient (Wildman–Crippen LogP) is 3.62. The van der Waals surface area contributed by atoms with Crippen molar-refractivity contribution in [3.63, 3.8) is 0 Å². The largest absolute Gasteiger partial charge is 0.495 e. The SMILES string of the molecule is CCOC(=O)C1=C(CSc2nnc(-c3cccs3)n2-c2ccccc2OC)NC(=O)N[C@@H]1C. The third-order valence-corrected chi connectivity index (χ3v) is 6.73. The number of methoxy groups -OCH3 is 1. The number of nitrogens with one attached hydrogen (secondary N) is 2. The molecule has 0 unspecified atom stereocenters. The number of benzene rings is 1. The molecule has 33 heavy (non-hydrogen) atoms. The van der Waals surface area contributed by atoms with Gasteiger partial charge in [-0.25, -0.2) is 9.59 Å². The zero-order valence-electron chi connectivity index (χ0n) is 18.3. The first kappa shape index (κ1) is 22.9. The number of hydrogen-bond acceptors (Lipinski definition) is 8. The molecule has 0 radical (unpaired) electrons. The van der Waals surface area contributed by atoms with Crippen LogP contribution in [0.1, 0.15) is 13.8 Å². The fourth-order valence-electron chi connectivity index (χ4n) is 3.49. The number of carbonyl (C=O) groups excluding carboxylic acids is 2. The summed E-state index contributed by atoms with van der Waals surface area (Å²) in [5.41, 5.74) is 1.67. The van der Waals surface area contributed by atoms with Crippen LogP contribution >= 0.6 is 23.1 Å². The van der Waals surface area contributed by atoms with E-state index in [0.717, 1.165) is 10.6 Å². The molecular formula is C22H23N5O4S2. The molecule has 2 aromatic heterocycles. The zero-order valence-corrected chi connectivity index (χ0v) is 20.0. The molecule has 1 aromatic carbocycles. The quantitative estimate of drug-likeness (QED) is 0.371. The lowest BCUT2D eigenvalue weighted by atomic mass is 10.1. The Morgan fingerprint density at radius 1 is 1.24 bits per heavy atom. The van der Waals surface area contributed by atoms with Crippen LogP contribution in [0.5, 0.6) is 5.75 Å². The van der Waals surface area contributed by atoms with Crippen molar-refractivity contribution in [3.05, 3.63) is 53.0 Å². The minimum Gasteiger partial charge on any atom is -0.495 e. The first-order chi connectivity index (χ1) is 16.0. The highest BCUT2D eigenvalue weighted by Gasteiger charge is 2.30. The van der Waals surface area contributed by atoms with E-state index in [-0.39, 0.29) is 12.6 Å². The van der Waals surface area contributed by atoms with Crippen LogP contribution in [0.15, 0.2) is 58.2 Å². The summed E-state index contributed by atoms with van der Waals surface area (Å²) in [4.78, 5) is 25.6. The van der Waals surface area contributed by atoms with E-state index in [9.17, 15) is 9.59 Å². The first-order valence-electron chi connectivity index (χ1n) is 10.3. The van der Waals surface area contributed by atoms with Crippen molar-refractivity contribution in [1.82, 2.24) is 25.4 Å². The van der Waals surface area contributed by atoms with Crippen molar-refractivity contribution in [2.24, 2.45) is 0 Å². The van der Waals surface area contributed by atoms with Gasteiger partial charge in [0.25, 0.3) is 0 Å². The van der Waals surface area contributed by atoms with Gasteiger partial charge in [0, 0.05) is 11.4 Å². The number of nitrogens with zero attached hydrogens (tertiary/aromatic N) is 3. The summed E-state index contributed by atoms with van der Waals surface area (Å²) in [5, 5.41) is 16.9. The molecule has 1 aliphatic heterocycles. The third kappa shape index (κ3) is 4.74. The van der Waals surface area contributed by atoms with Crippen molar-refractivity contribution in [1.29, 1.82) is 0 Å². The number of para-hydroxylation sites is 2. The van der Waals surface area contributed by atoms with E-state index in [1.54, 1.807) is 32.3 Å². The average molecular weight is 486 g/mol. The molecule has 0 saturated heterocycles. The lowest BCUT2D eigenvalue weighted by molar-refractivity contribution is -0.138. The standard InChI is InChI=1S/C22H23N5O4S2/c1-4-31-20(28)18-13(2)23-21(29)24-14(18)12-33-22-26-25-19(17-10-7-11-32-17)27(22)15-8-5-6-9-16(15)30-3/h5-11,13H,4,12H2,1-3H3,(H2,23,24,29)/t13-/m1/s1. The second-order valence-electron chi connectivity index (χ2n) is 7.01. The normalized spacial score (nSPS) is 15.7. The predicted molar refractivity (Wildman–Crippen MR) is 127 cm³/mol. The summed E-state index contributed by atoms with van der Waals surface area (Å²) in [6, 6.07) is 10.7. The van der Waals surface area contributed by atoms with Gasteiger partial charge in [0.05, 0.1) is 35.9 Å². The first-order valence-corrected chi connectivity index (χ1v) is 12.1. The number of ether oxygens (including phenoxy) is 2. The molecule has 9 nitrogen and oxygen atoms in total. The number of urea groups is 1. The minimum atomic E-state index is -0.470. The number of thioether (sulfide) groups is 1. The highest BCUT2D eigenvalue weighted by atomic mass is 32.2. The minimum absolute atomic E-state index is 0.246. The van der Waals surface area contributed by atoms with Gasteiger partial charge in [-0.05, 0) is 37.4 Å². The van der Waals surface area contributed by atoms with Gasteiger partial charge in [0.1, 0.15) is 5.75 Å². The summed E-state index contributed by atoms with van der Waals surface area (Å²) in [6.45, 7) is 3.74. The molecule has 11 heteroatoms. The summed E-state index contributed by atoms with van der Waals surface area (Å²) in [6.07, 6.45) is 0. The molecule has 0 fully saturated rings. The van der Waals surface area contributed by atoms with E-state index < -0.39 is 12.0 Å². The van der Waals surface area contributed by atoms with Gasteiger partial charge in [-0.15, -0.1) is 21.5 Å². The molecule has 0 bridgehead atoms. The fraction of sp³-hybridized carbons (Fsp3) is 0.273. The zero-order chi connectivity index (χ0) is 23.4. The van der Waals surface area contributed by atoms with Crippen molar-refractivity contribution < 1.29 is 19.1 Å². The molecule has 3 aromatic rings. The van der Waals surface area contributed by atoms with Gasteiger partial charge in [-0.1, -0.05) is 30.0 Å². The molecule has 2 N–H and O–H groups in total. The summed E-state index contributed by atoms with van der Waals surface area (Å²) >= 11 is 2.92. The van der Waals surface area contributed by atoms with Gasteiger partial charge in [-0.3, -0.25) is 4.57 Å². The Bertz CT molecular complexity index is 1190. The van der Waals surface area contributed by atoms with E-state index in [1.807, 2.05) is 46.3 Å². The topological polar surface area (TPSA) is 107 Å². The summed E-state index contributed by atoms with van der Waals surface area (Å²) < 4.78 is 12.7. The van der Waals surface area contributed by atoms with E-state index >= 15 is 0 Å². The van der Waals surface area contributed by atoms with Crippen LogP contribution in [0, 0.1) is 0 Å². The van der Waals surface area contributed by atoms with Gasteiger partial charge in [0.15, 0.2) is 11.0 Å². The Morgan fingerprint density at radius 2 is 2.06 bits per heavy atom. The Balaban J connectivity index is 1.73. The number of carbonyl (C=O) groups is 2.